The lowest BCUT2D eigenvalue weighted by Gasteiger charge is -2.26. The third kappa shape index (κ3) is 9.67. The molecular weight excluding hydrogens is 424 g/mol. The fourth-order valence-electron chi connectivity index (χ4n) is 2.09. The standard InChI is InChI=1S/C16H30N4O7S2/c1-7(21)11(17)14(24)19-10(6-28)13(23)20-12(8(2)22)15(25)18-9(16(26)27)4-5-29-3/h7-12,21-22,28H,4-6,17H2,1-3H3,(H,18,25)(H,19,24)(H,20,23)(H,26,27). The number of aliphatic hydroxyl groups excluding tert-OH is 2. The molecule has 6 atom stereocenters. The van der Waals surface area contributed by atoms with Crippen LogP contribution < -0.4 is 21.7 Å². The van der Waals surface area contributed by atoms with E-state index in [-0.39, 0.29) is 12.2 Å². The van der Waals surface area contributed by atoms with E-state index in [1.165, 1.54) is 25.6 Å². The van der Waals surface area contributed by atoms with E-state index in [1.807, 2.05) is 0 Å². The third-order valence-electron chi connectivity index (χ3n) is 3.93. The maximum Gasteiger partial charge on any atom is 0.326 e. The minimum Gasteiger partial charge on any atom is -0.480 e. The van der Waals surface area contributed by atoms with Crippen molar-refractivity contribution < 1.29 is 34.5 Å². The number of carboxylic acids is 1. The number of thioether (sulfide) groups is 1. The number of carboxylic acid groups (broad SMARTS) is 1. The van der Waals surface area contributed by atoms with Gasteiger partial charge in [-0.25, -0.2) is 4.79 Å². The van der Waals surface area contributed by atoms with Crippen LogP contribution in [0.5, 0.6) is 0 Å². The van der Waals surface area contributed by atoms with Crippen molar-refractivity contribution in [3.05, 3.63) is 0 Å². The summed E-state index contributed by atoms with van der Waals surface area (Å²) < 4.78 is 0. The molecule has 0 spiro atoms. The largest absolute Gasteiger partial charge is 0.480 e. The van der Waals surface area contributed by atoms with Crippen LogP contribution in [0, 0.1) is 0 Å². The summed E-state index contributed by atoms with van der Waals surface area (Å²) in [4.78, 5) is 48.1. The molecule has 0 aliphatic carbocycles. The molecule has 0 rings (SSSR count). The average Bonchev–Trinajstić information content (AvgIpc) is 2.65. The normalized spacial score (nSPS) is 17.2. The van der Waals surface area contributed by atoms with Crippen molar-refractivity contribution in [2.24, 2.45) is 5.73 Å². The second-order valence-electron chi connectivity index (χ2n) is 6.42. The van der Waals surface area contributed by atoms with E-state index >= 15 is 0 Å². The van der Waals surface area contributed by atoms with Crippen LogP contribution in [-0.2, 0) is 19.2 Å². The van der Waals surface area contributed by atoms with Gasteiger partial charge in [-0.05, 0) is 32.3 Å². The van der Waals surface area contributed by atoms with E-state index < -0.39 is 60.1 Å². The average molecular weight is 455 g/mol. The van der Waals surface area contributed by atoms with E-state index in [0.717, 1.165) is 0 Å². The zero-order valence-corrected chi connectivity index (χ0v) is 18.2. The highest BCUT2D eigenvalue weighted by molar-refractivity contribution is 7.98. The van der Waals surface area contributed by atoms with Gasteiger partial charge in [0.15, 0.2) is 0 Å². The topological polar surface area (TPSA) is 191 Å². The summed E-state index contributed by atoms with van der Waals surface area (Å²) in [5.74, 6) is -3.41. The molecule has 0 heterocycles. The lowest BCUT2D eigenvalue weighted by Crippen LogP contribution is -2.60. The molecule has 13 heteroatoms. The fraction of sp³-hybridized carbons (Fsp3) is 0.750. The molecule has 6 unspecified atom stereocenters. The van der Waals surface area contributed by atoms with Crippen LogP contribution in [0.3, 0.4) is 0 Å². The van der Waals surface area contributed by atoms with Gasteiger partial charge in [-0.2, -0.15) is 24.4 Å². The number of amides is 3. The number of thiol groups is 1. The first-order valence-corrected chi connectivity index (χ1v) is 10.8. The monoisotopic (exact) mass is 454 g/mol. The van der Waals surface area contributed by atoms with Gasteiger partial charge in [0.25, 0.3) is 0 Å². The third-order valence-corrected chi connectivity index (χ3v) is 4.93. The second-order valence-corrected chi connectivity index (χ2v) is 7.77. The Morgan fingerprint density at radius 2 is 1.52 bits per heavy atom. The van der Waals surface area contributed by atoms with Crippen LogP contribution in [0.25, 0.3) is 0 Å². The van der Waals surface area contributed by atoms with Crippen LogP contribution in [0.2, 0.25) is 0 Å². The predicted octanol–water partition coefficient (Wildman–Crippen LogP) is -2.70. The minimum absolute atomic E-state index is 0.149. The molecule has 0 radical (unpaired) electrons. The summed E-state index contributed by atoms with van der Waals surface area (Å²) in [6, 6.07) is -5.11. The van der Waals surface area contributed by atoms with Crippen LogP contribution in [0.4, 0.5) is 0 Å². The molecule has 29 heavy (non-hydrogen) atoms. The number of hydrogen-bond acceptors (Lipinski definition) is 9. The SMILES string of the molecule is CSCCC(NC(=O)C(NC(=O)C(CS)NC(=O)C(N)C(C)O)C(C)O)C(=O)O. The van der Waals surface area contributed by atoms with Crippen molar-refractivity contribution in [2.45, 2.75) is 56.6 Å². The molecule has 0 aromatic heterocycles. The molecule has 0 fully saturated rings. The summed E-state index contributed by atoms with van der Waals surface area (Å²) in [6.07, 6.45) is -0.543. The molecule has 3 amide bonds. The Bertz CT molecular complexity index is 577. The highest BCUT2D eigenvalue weighted by Gasteiger charge is 2.32. The zero-order valence-electron chi connectivity index (χ0n) is 16.5. The van der Waals surface area contributed by atoms with E-state index in [2.05, 4.69) is 28.6 Å². The van der Waals surface area contributed by atoms with Gasteiger partial charge in [-0.3, -0.25) is 14.4 Å². The van der Waals surface area contributed by atoms with Crippen LogP contribution in [0.1, 0.15) is 20.3 Å². The predicted molar refractivity (Wildman–Crippen MR) is 112 cm³/mol. The smallest absolute Gasteiger partial charge is 0.326 e. The van der Waals surface area contributed by atoms with E-state index in [0.29, 0.717) is 5.75 Å². The summed E-state index contributed by atoms with van der Waals surface area (Å²) in [5.41, 5.74) is 5.50. The molecule has 0 aliphatic rings. The molecule has 8 N–H and O–H groups in total. The maximum atomic E-state index is 12.4. The molecule has 11 nitrogen and oxygen atoms in total. The minimum atomic E-state index is -1.46. The van der Waals surface area contributed by atoms with Gasteiger partial charge in [0.2, 0.25) is 17.7 Å². The van der Waals surface area contributed by atoms with E-state index in [9.17, 15) is 34.5 Å². The van der Waals surface area contributed by atoms with Crippen LogP contribution in [0.15, 0.2) is 0 Å². The van der Waals surface area contributed by atoms with Crippen molar-refractivity contribution in [2.75, 3.05) is 17.8 Å². The lowest BCUT2D eigenvalue weighted by atomic mass is 10.1. The highest BCUT2D eigenvalue weighted by atomic mass is 32.2. The van der Waals surface area contributed by atoms with Gasteiger partial charge >= 0.3 is 5.97 Å². The van der Waals surface area contributed by atoms with E-state index in [4.69, 9.17) is 5.73 Å². The number of rotatable bonds is 13. The van der Waals surface area contributed by atoms with Crippen molar-refractivity contribution >= 4 is 48.1 Å². The molecule has 0 aromatic carbocycles. The Hall–Kier alpha value is -1.54. The van der Waals surface area contributed by atoms with Crippen molar-refractivity contribution in [3.63, 3.8) is 0 Å². The first kappa shape index (κ1) is 27.5. The molecule has 0 saturated heterocycles. The number of aliphatic carboxylic acids is 1. The van der Waals surface area contributed by atoms with Crippen LogP contribution >= 0.6 is 24.4 Å². The highest BCUT2D eigenvalue weighted by Crippen LogP contribution is 2.04. The summed E-state index contributed by atoms with van der Waals surface area (Å²) in [6.45, 7) is 2.56. The maximum absolute atomic E-state index is 12.4. The summed E-state index contributed by atoms with van der Waals surface area (Å²) in [5, 5.41) is 35.3. The molecule has 0 aromatic rings. The number of carbonyl (C=O) groups is 4. The number of nitrogens with two attached hydrogens (primary N) is 1. The van der Waals surface area contributed by atoms with E-state index in [1.54, 1.807) is 6.26 Å². The number of nitrogens with one attached hydrogen (secondary N) is 3. The number of aliphatic hydroxyl groups is 2. The Kier molecular flexibility index (Phi) is 12.9. The van der Waals surface area contributed by atoms with Gasteiger partial charge in [0.1, 0.15) is 24.2 Å². The molecule has 0 bridgehead atoms. The number of carbonyl (C=O) groups excluding carboxylic acids is 3. The quantitative estimate of drug-likeness (QED) is 0.137. The molecule has 0 aliphatic heterocycles. The van der Waals surface area contributed by atoms with Gasteiger partial charge in [0, 0.05) is 5.75 Å². The Balaban J connectivity index is 5.15. The van der Waals surface area contributed by atoms with Gasteiger partial charge in [0.05, 0.1) is 12.2 Å². The van der Waals surface area contributed by atoms with Crippen molar-refractivity contribution in [1.82, 2.24) is 16.0 Å². The Labute approximate surface area is 179 Å². The van der Waals surface area contributed by atoms with Crippen molar-refractivity contribution in [1.29, 1.82) is 0 Å². The van der Waals surface area contributed by atoms with Gasteiger partial charge in [-0.1, -0.05) is 0 Å². The molecule has 168 valence electrons. The fourth-order valence-corrected chi connectivity index (χ4v) is 2.82. The number of hydrogen-bond donors (Lipinski definition) is 8. The van der Waals surface area contributed by atoms with Gasteiger partial charge in [-0.15, -0.1) is 0 Å². The molecule has 0 saturated carbocycles. The Morgan fingerprint density at radius 1 is 0.966 bits per heavy atom. The van der Waals surface area contributed by atoms with Crippen LogP contribution in [-0.4, -0.2) is 93.1 Å². The summed E-state index contributed by atoms with van der Waals surface area (Å²) >= 11 is 5.38. The second kappa shape index (κ2) is 13.6. The van der Waals surface area contributed by atoms with Crippen molar-refractivity contribution in [3.8, 4) is 0 Å². The first-order valence-electron chi connectivity index (χ1n) is 8.81. The first-order chi connectivity index (χ1) is 13.5. The van der Waals surface area contributed by atoms with Gasteiger partial charge < -0.3 is 37.0 Å². The molecular formula is C16H30N4O7S2. The Morgan fingerprint density at radius 3 is 1.93 bits per heavy atom. The lowest BCUT2D eigenvalue weighted by molar-refractivity contribution is -0.143. The summed E-state index contributed by atoms with van der Waals surface area (Å²) in [7, 11) is 0. The zero-order chi connectivity index (χ0) is 22.7.